The number of para-hydroxylation sites is 1. The maximum atomic E-state index is 15.1. The number of carbonyl (C=O) groups is 1. The Kier molecular flexibility index (Phi) is 6.66. The minimum atomic E-state index is -1.13. The van der Waals surface area contributed by atoms with Crippen LogP contribution >= 0.6 is 23.4 Å². The Labute approximate surface area is 249 Å². The molecule has 7 rings (SSSR count). The predicted molar refractivity (Wildman–Crippen MR) is 167 cm³/mol. The molecule has 2 aliphatic heterocycles. The summed E-state index contributed by atoms with van der Waals surface area (Å²) in [6.45, 7) is 0. The molecule has 0 saturated heterocycles. The van der Waals surface area contributed by atoms with E-state index in [0.29, 0.717) is 22.8 Å². The quantitative estimate of drug-likeness (QED) is 0.215. The van der Waals surface area contributed by atoms with Crippen molar-refractivity contribution in [3.8, 4) is 0 Å². The molecule has 0 aliphatic carbocycles. The fraction of sp³-hybridized carbons (Fsp3) is 0.0833. The molecule has 2 unspecified atom stereocenters. The van der Waals surface area contributed by atoms with Crippen LogP contribution in [0.3, 0.4) is 0 Å². The first-order chi connectivity index (χ1) is 20.2. The van der Waals surface area contributed by atoms with Crippen molar-refractivity contribution in [1.29, 1.82) is 0 Å². The fourth-order valence-electron chi connectivity index (χ4n) is 5.83. The highest BCUT2D eigenvalue weighted by atomic mass is 35.5. The Bertz CT molecular complexity index is 1760. The van der Waals surface area contributed by atoms with Crippen LogP contribution in [0.15, 0.2) is 144 Å². The minimum absolute atomic E-state index is 0.0850. The van der Waals surface area contributed by atoms with E-state index in [1.807, 2.05) is 120 Å². The molecule has 2 aliphatic rings. The van der Waals surface area contributed by atoms with E-state index in [4.69, 9.17) is 16.3 Å². The number of amides is 1. The van der Waals surface area contributed by atoms with Gasteiger partial charge in [0.15, 0.2) is 0 Å². The van der Waals surface area contributed by atoms with E-state index in [9.17, 15) is 0 Å². The summed E-state index contributed by atoms with van der Waals surface area (Å²) in [4.78, 5) is 18.0. The summed E-state index contributed by atoms with van der Waals surface area (Å²) in [5.41, 5.74) is 3.82. The molecule has 0 spiro atoms. The average molecular weight is 572 g/mol. The van der Waals surface area contributed by atoms with Crippen molar-refractivity contribution in [3.05, 3.63) is 167 Å². The number of hydrogen-bond acceptors (Lipinski definition) is 3. The highest BCUT2D eigenvalue weighted by Gasteiger charge is 2.54. The summed E-state index contributed by atoms with van der Waals surface area (Å²) in [6, 6.07) is 45.9. The van der Waals surface area contributed by atoms with Gasteiger partial charge < -0.3 is 4.74 Å². The number of hydrogen-bond donors (Lipinski definition) is 0. The van der Waals surface area contributed by atoms with Crippen LogP contribution in [0.4, 0.5) is 5.69 Å². The van der Waals surface area contributed by atoms with E-state index in [0.717, 1.165) is 32.8 Å². The largest absolute Gasteiger partial charge is 0.462 e. The summed E-state index contributed by atoms with van der Waals surface area (Å²) in [5, 5.41) is 0.614. The first kappa shape index (κ1) is 25.7. The second-order valence-corrected chi connectivity index (χ2v) is 11.8. The molecule has 5 heteroatoms. The predicted octanol–water partition coefficient (Wildman–Crippen LogP) is 9.36. The van der Waals surface area contributed by atoms with Gasteiger partial charge in [0.05, 0.1) is 11.3 Å². The lowest BCUT2D eigenvalue weighted by atomic mass is 9.87. The molecule has 5 aromatic rings. The van der Waals surface area contributed by atoms with Gasteiger partial charge in [-0.05, 0) is 29.3 Å². The van der Waals surface area contributed by atoms with E-state index in [1.165, 1.54) is 0 Å². The maximum absolute atomic E-state index is 15.1. The lowest BCUT2D eigenvalue weighted by Crippen LogP contribution is -2.55. The second-order valence-electron chi connectivity index (χ2n) is 10.1. The molecule has 0 fully saturated rings. The zero-order chi connectivity index (χ0) is 27.8. The molecule has 3 nitrogen and oxygen atoms in total. The number of ether oxygens (including phenoxy) is 1. The zero-order valence-electron chi connectivity index (χ0n) is 22.1. The van der Waals surface area contributed by atoms with Gasteiger partial charge in [-0.1, -0.05) is 133 Å². The highest BCUT2D eigenvalue weighted by Crippen LogP contribution is 2.58. The van der Waals surface area contributed by atoms with Crippen LogP contribution in [0.5, 0.6) is 0 Å². The van der Waals surface area contributed by atoms with Crippen molar-refractivity contribution in [2.75, 3.05) is 4.90 Å². The molecule has 0 N–H and O–H groups in total. The van der Waals surface area contributed by atoms with Gasteiger partial charge in [0.1, 0.15) is 5.76 Å². The van der Waals surface area contributed by atoms with Gasteiger partial charge in [-0.25, -0.2) is 0 Å². The molecular weight excluding hydrogens is 546 g/mol. The van der Waals surface area contributed by atoms with Gasteiger partial charge in [0.2, 0.25) is 5.72 Å². The Balaban J connectivity index is 1.55. The van der Waals surface area contributed by atoms with E-state index >= 15 is 4.79 Å². The third kappa shape index (κ3) is 4.44. The van der Waals surface area contributed by atoms with E-state index in [1.54, 1.807) is 11.8 Å². The summed E-state index contributed by atoms with van der Waals surface area (Å²) < 4.78 is 7.34. The number of fused-ring (bicyclic) bond motifs is 3. The van der Waals surface area contributed by atoms with Crippen LogP contribution in [-0.2, 0) is 15.3 Å². The molecule has 200 valence electrons. The lowest BCUT2D eigenvalue weighted by Gasteiger charge is -2.48. The number of nitrogens with zero attached hydrogens (tertiary/aromatic N) is 1. The molecule has 2 heterocycles. The number of rotatable bonds is 4. The summed E-state index contributed by atoms with van der Waals surface area (Å²) >= 11 is 8.54. The van der Waals surface area contributed by atoms with Gasteiger partial charge in [-0.2, -0.15) is 0 Å². The first-order valence-electron chi connectivity index (χ1n) is 13.6. The molecule has 0 saturated carbocycles. The topological polar surface area (TPSA) is 29.5 Å². The molecule has 0 radical (unpaired) electrons. The third-order valence-corrected chi connectivity index (χ3v) is 9.34. The van der Waals surface area contributed by atoms with Crippen molar-refractivity contribution in [1.82, 2.24) is 0 Å². The second kappa shape index (κ2) is 10.6. The molecule has 1 amide bonds. The van der Waals surface area contributed by atoms with Crippen LogP contribution in [0, 0.1) is 0 Å². The van der Waals surface area contributed by atoms with Gasteiger partial charge in [0.25, 0.3) is 5.91 Å². The fourth-order valence-corrected chi connectivity index (χ4v) is 7.55. The molecule has 2 atom stereocenters. The Hall–Kier alpha value is -4.25. The van der Waals surface area contributed by atoms with E-state index in [-0.39, 0.29) is 11.2 Å². The Morgan fingerprint density at radius 1 is 0.707 bits per heavy atom. The third-order valence-electron chi connectivity index (χ3n) is 7.69. The van der Waals surface area contributed by atoms with Crippen LogP contribution in [0.2, 0.25) is 5.02 Å². The Morgan fingerprint density at radius 2 is 1.29 bits per heavy atom. The number of carbonyl (C=O) groups excluding carboxylic acids is 1. The number of anilines is 1. The lowest BCUT2D eigenvalue weighted by molar-refractivity contribution is -0.120. The van der Waals surface area contributed by atoms with Gasteiger partial charge in [0, 0.05) is 32.7 Å². The van der Waals surface area contributed by atoms with Crippen molar-refractivity contribution in [3.63, 3.8) is 0 Å². The van der Waals surface area contributed by atoms with Crippen LogP contribution in [-0.4, -0.2) is 5.91 Å². The highest BCUT2D eigenvalue weighted by molar-refractivity contribution is 7.99. The van der Waals surface area contributed by atoms with Crippen LogP contribution in [0.25, 0.3) is 11.3 Å². The average Bonchev–Trinajstić information content (AvgIpc) is 3.18. The van der Waals surface area contributed by atoms with Gasteiger partial charge in [-0.3, -0.25) is 9.69 Å². The maximum Gasteiger partial charge on any atom is 0.266 e. The zero-order valence-corrected chi connectivity index (χ0v) is 23.7. The number of benzene rings is 5. The Morgan fingerprint density at radius 3 is 2.00 bits per heavy atom. The molecule has 41 heavy (non-hydrogen) atoms. The first-order valence-corrected chi connectivity index (χ1v) is 14.9. The molecule has 0 bridgehead atoms. The van der Waals surface area contributed by atoms with Gasteiger partial charge >= 0.3 is 0 Å². The monoisotopic (exact) mass is 571 g/mol. The van der Waals surface area contributed by atoms with Crippen molar-refractivity contribution in [2.45, 2.75) is 22.3 Å². The van der Waals surface area contributed by atoms with Crippen LogP contribution in [0.1, 0.15) is 33.9 Å². The van der Waals surface area contributed by atoms with Crippen molar-refractivity contribution < 1.29 is 9.53 Å². The van der Waals surface area contributed by atoms with Crippen LogP contribution < -0.4 is 4.90 Å². The number of halogens is 1. The summed E-state index contributed by atoms with van der Waals surface area (Å²) in [5.74, 6) is 0.474. The van der Waals surface area contributed by atoms with Crippen molar-refractivity contribution in [2.24, 2.45) is 0 Å². The van der Waals surface area contributed by atoms with E-state index < -0.39 is 5.72 Å². The molecular formula is C36H26ClNO2S. The minimum Gasteiger partial charge on any atom is -0.462 e. The smallest absolute Gasteiger partial charge is 0.266 e. The number of thioether (sulfide) groups is 1. The van der Waals surface area contributed by atoms with Gasteiger partial charge in [-0.15, -0.1) is 11.8 Å². The van der Waals surface area contributed by atoms with E-state index in [2.05, 4.69) is 24.3 Å². The SMILES string of the molecule is O=C1C(c2ccccc2)=C(c2ccccc2)OC2(c3ccccc3)CC(c3ccccc3Cl)Sc3ccccc3N12. The normalized spacial score (nSPS) is 20.1. The molecule has 5 aromatic carbocycles. The summed E-state index contributed by atoms with van der Waals surface area (Å²) in [6.07, 6.45) is 0.490. The summed E-state index contributed by atoms with van der Waals surface area (Å²) in [7, 11) is 0. The molecule has 0 aromatic heterocycles. The van der Waals surface area contributed by atoms with Crippen molar-refractivity contribution >= 4 is 46.3 Å². The standard InChI is InChI=1S/C36H26ClNO2S/c37-29-21-11-10-20-28(29)32-24-36(27-18-8-3-9-19-27)38(30-22-12-13-23-31(30)41-32)35(39)33(25-14-4-1-5-15-25)34(40-36)26-16-6-2-7-17-26/h1-23,32H,24H2.